The van der Waals surface area contributed by atoms with E-state index < -0.39 is 11.3 Å². The highest BCUT2D eigenvalue weighted by Gasteiger charge is 2.07. The number of nitrogens with one attached hydrogen (secondary N) is 2. The van der Waals surface area contributed by atoms with Gasteiger partial charge in [-0.1, -0.05) is 12.1 Å². The first-order valence-corrected chi connectivity index (χ1v) is 6.59. The third-order valence-corrected chi connectivity index (χ3v) is 3.14. The molecule has 2 aromatic rings. The average Bonchev–Trinajstić information content (AvgIpc) is 2.59. The molecule has 0 aliphatic rings. The fraction of sp³-hybridized carbons (Fsp3) is 0.182. The zero-order chi connectivity index (χ0) is 14.0. The van der Waals surface area contributed by atoms with Crippen LogP contribution in [0.25, 0.3) is 0 Å². The summed E-state index contributed by atoms with van der Waals surface area (Å²) in [6.45, 7) is 2.02. The molecule has 1 aromatic carbocycles. The maximum atomic E-state index is 11.8. The maximum absolute atomic E-state index is 11.8. The Morgan fingerprint density at radius 1 is 1.42 bits per heavy atom. The molecule has 0 bridgehead atoms. The molecule has 8 heteroatoms. The van der Waals surface area contributed by atoms with Crippen LogP contribution in [0.15, 0.2) is 29.1 Å². The molecule has 0 radical (unpaired) electrons. The highest BCUT2D eigenvalue weighted by atomic mass is 32.2. The summed E-state index contributed by atoms with van der Waals surface area (Å²) in [7, 11) is 0. The van der Waals surface area contributed by atoms with Gasteiger partial charge in [-0.25, -0.2) is 8.89 Å². The Balaban J connectivity index is 2.17. The molecular weight excluding hydrogens is 268 g/mol. The second kappa shape index (κ2) is 5.29. The van der Waals surface area contributed by atoms with Crippen molar-refractivity contribution in [1.29, 1.82) is 0 Å². The summed E-state index contributed by atoms with van der Waals surface area (Å²) in [6.07, 6.45) is 0. The smallest absolute Gasteiger partial charge is 0.271 e. The topological polar surface area (TPSA) is 113 Å². The van der Waals surface area contributed by atoms with Gasteiger partial charge in [0.25, 0.3) is 16.8 Å². The number of aromatic nitrogens is 2. The lowest BCUT2D eigenvalue weighted by Gasteiger charge is -2.04. The van der Waals surface area contributed by atoms with E-state index in [1.54, 1.807) is 31.2 Å². The Morgan fingerprint density at radius 3 is 2.53 bits per heavy atom. The molecule has 7 nitrogen and oxygen atoms in total. The molecule has 102 valence electrons. The Hall–Kier alpha value is -2.06. The van der Waals surface area contributed by atoms with Crippen LogP contribution >= 0.6 is 0 Å². The third-order valence-electron chi connectivity index (χ3n) is 2.73. The summed E-state index contributed by atoms with van der Waals surface area (Å²) in [4.78, 5) is 11.8. The van der Waals surface area contributed by atoms with Crippen molar-refractivity contribution < 1.29 is 8.76 Å². The van der Waals surface area contributed by atoms with E-state index in [0.29, 0.717) is 23.6 Å². The van der Waals surface area contributed by atoms with Crippen molar-refractivity contribution in [1.82, 2.24) is 9.78 Å². The lowest BCUT2D eigenvalue weighted by molar-refractivity contribution is 0.570. The van der Waals surface area contributed by atoms with Crippen LogP contribution in [0, 0.1) is 6.92 Å². The molecule has 0 saturated carbocycles. The number of hydrogen-bond acceptors (Lipinski definition) is 3. The van der Waals surface area contributed by atoms with Crippen molar-refractivity contribution >= 4 is 22.8 Å². The van der Waals surface area contributed by atoms with Gasteiger partial charge in [-0.15, -0.1) is 0 Å². The molecule has 1 aromatic heterocycles. The van der Waals surface area contributed by atoms with Gasteiger partial charge in [-0.05, 0) is 24.6 Å². The van der Waals surface area contributed by atoms with Crippen LogP contribution in [0.3, 0.4) is 0 Å². The number of rotatable bonds is 4. The van der Waals surface area contributed by atoms with E-state index in [1.807, 2.05) is 0 Å². The standard InChI is InChI=1S/C11H14N4O3S/c1-7-10(12)13-15(11(7)16)6-8-2-4-9(5-3-8)14-19(17)18/h2-5,13-14H,6,12H2,1H3,(H,17,18). The van der Waals surface area contributed by atoms with Gasteiger partial charge in [-0.3, -0.25) is 19.2 Å². The zero-order valence-corrected chi connectivity index (χ0v) is 11.0. The molecule has 0 amide bonds. The number of benzene rings is 1. The van der Waals surface area contributed by atoms with Crippen molar-refractivity contribution in [2.75, 3.05) is 10.5 Å². The molecule has 19 heavy (non-hydrogen) atoms. The second-order valence-electron chi connectivity index (χ2n) is 4.09. The van der Waals surface area contributed by atoms with Crippen LogP contribution in [-0.2, 0) is 17.8 Å². The zero-order valence-electron chi connectivity index (χ0n) is 10.2. The van der Waals surface area contributed by atoms with Gasteiger partial charge in [0.15, 0.2) is 0 Å². The molecule has 0 saturated heterocycles. The van der Waals surface area contributed by atoms with Crippen LogP contribution in [0.2, 0.25) is 0 Å². The first kappa shape index (κ1) is 13.4. The van der Waals surface area contributed by atoms with E-state index in [2.05, 4.69) is 9.82 Å². The van der Waals surface area contributed by atoms with E-state index in [-0.39, 0.29) is 5.56 Å². The van der Waals surface area contributed by atoms with Gasteiger partial charge in [0.2, 0.25) is 0 Å². The molecule has 1 unspecified atom stereocenters. The number of nitrogen functional groups attached to an aromatic ring is 1. The number of nitrogens with zero attached hydrogens (tertiary/aromatic N) is 1. The van der Waals surface area contributed by atoms with Gasteiger partial charge >= 0.3 is 0 Å². The van der Waals surface area contributed by atoms with Crippen molar-refractivity contribution in [2.45, 2.75) is 13.5 Å². The minimum Gasteiger partial charge on any atom is -0.384 e. The van der Waals surface area contributed by atoms with Gasteiger partial charge in [-0.2, -0.15) is 0 Å². The molecule has 0 fully saturated rings. The molecule has 1 atom stereocenters. The number of anilines is 2. The van der Waals surface area contributed by atoms with Crippen LogP contribution in [0.5, 0.6) is 0 Å². The van der Waals surface area contributed by atoms with Crippen LogP contribution in [0.1, 0.15) is 11.1 Å². The maximum Gasteiger partial charge on any atom is 0.271 e. The highest BCUT2D eigenvalue weighted by Crippen LogP contribution is 2.11. The minimum atomic E-state index is -2.09. The Morgan fingerprint density at radius 2 is 2.05 bits per heavy atom. The average molecular weight is 282 g/mol. The monoisotopic (exact) mass is 282 g/mol. The summed E-state index contributed by atoms with van der Waals surface area (Å²) in [6, 6.07) is 6.84. The summed E-state index contributed by atoms with van der Waals surface area (Å²) < 4.78 is 23.0. The quantitative estimate of drug-likeness (QED) is 0.617. The Bertz CT molecular complexity index is 660. The van der Waals surface area contributed by atoms with E-state index in [4.69, 9.17) is 10.3 Å². The molecule has 2 rings (SSSR count). The van der Waals surface area contributed by atoms with E-state index in [1.165, 1.54) is 4.68 Å². The van der Waals surface area contributed by atoms with Gasteiger partial charge in [0.1, 0.15) is 5.82 Å². The predicted molar refractivity (Wildman–Crippen MR) is 74.1 cm³/mol. The van der Waals surface area contributed by atoms with Gasteiger partial charge in [0.05, 0.1) is 12.1 Å². The third kappa shape index (κ3) is 3.04. The summed E-state index contributed by atoms with van der Waals surface area (Å²) in [5.74, 6) is 0.360. The molecule has 0 spiro atoms. The molecule has 5 N–H and O–H groups in total. The lowest BCUT2D eigenvalue weighted by Crippen LogP contribution is -2.18. The van der Waals surface area contributed by atoms with Gasteiger partial charge in [0, 0.05) is 5.69 Å². The lowest BCUT2D eigenvalue weighted by atomic mass is 10.2. The molecule has 0 aliphatic carbocycles. The molecule has 1 heterocycles. The first-order chi connectivity index (χ1) is 8.97. The fourth-order valence-corrected chi connectivity index (χ4v) is 2.01. The number of hydrogen-bond donors (Lipinski definition) is 4. The summed E-state index contributed by atoms with van der Waals surface area (Å²) in [5.41, 5.74) is 7.36. The number of nitrogens with two attached hydrogens (primary N) is 1. The van der Waals surface area contributed by atoms with Crippen molar-refractivity contribution in [3.8, 4) is 0 Å². The molecule has 0 aliphatic heterocycles. The van der Waals surface area contributed by atoms with Gasteiger partial charge < -0.3 is 5.73 Å². The largest absolute Gasteiger partial charge is 0.384 e. The second-order valence-corrected chi connectivity index (χ2v) is 4.79. The number of H-pyrrole nitrogens is 1. The molecular formula is C11H14N4O3S. The SMILES string of the molecule is Cc1c(N)[nH]n(Cc2ccc(NS(=O)O)cc2)c1=O. The predicted octanol–water partition coefficient (Wildman–Crippen LogP) is 0.664. The summed E-state index contributed by atoms with van der Waals surface area (Å²) >= 11 is -2.09. The van der Waals surface area contributed by atoms with Crippen molar-refractivity contribution in [3.05, 3.63) is 45.7 Å². The Kier molecular flexibility index (Phi) is 3.72. The van der Waals surface area contributed by atoms with Crippen LogP contribution < -0.4 is 16.0 Å². The van der Waals surface area contributed by atoms with E-state index in [0.717, 1.165) is 5.56 Å². The van der Waals surface area contributed by atoms with Crippen molar-refractivity contribution in [2.24, 2.45) is 0 Å². The summed E-state index contributed by atoms with van der Waals surface area (Å²) in [5, 5.41) is 2.79. The number of aromatic amines is 1. The minimum absolute atomic E-state index is 0.156. The van der Waals surface area contributed by atoms with E-state index in [9.17, 15) is 9.00 Å². The Labute approximate surface area is 111 Å². The van der Waals surface area contributed by atoms with Crippen LogP contribution in [0.4, 0.5) is 11.5 Å². The first-order valence-electron chi connectivity index (χ1n) is 5.48. The fourth-order valence-electron chi connectivity index (χ4n) is 1.67. The van der Waals surface area contributed by atoms with Crippen LogP contribution in [-0.4, -0.2) is 18.5 Å². The normalized spacial score (nSPS) is 12.3. The van der Waals surface area contributed by atoms with Crippen molar-refractivity contribution in [3.63, 3.8) is 0 Å². The highest BCUT2D eigenvalue weighted by molar-refractivity contribution is 7.80. The van der Waals surface area contributed by atoms with E-state index >= 15 is 0 Å².